The van der Waals surface area contributed by atoms with E-state index >= 15 is 0 Å². The summed E-state index contributed by atoms with van der Waals surface area (Å²) in [6.45, 7) is 4.27. The number of aromatic nitrogens is 2. The number of aryl methyl sites for hydroxylation is 1. The molecule has 0 spiro atoms. The first-order chi connectivity index (χ1) is 6.16. The summed E-state index contributed by atoms with van der Waals surface area (Å²) in [7, 11) is 1.80. The van der Waals surface area contributed by atoms with Crippen LogP contribution in [0, 0.1) is 6.92 Å². The third-order valence-electron chi connectivity index (χ3n) is 1.87. The van der Waals surface area contributed by atoms with Gasteiger partial charge in [0, 0.05) is 7.05 Å². The molecule has 1 heterocycles. The zero-order valence-corrected chi connectivity index (χ0v) is 8.20. The van der Waals surface area contributed by atoms with Crippen LogP contribution in [0.3, 0.4) is 0 Å². The van der Waals surface area contributed by atoms with Crippen molar-refractivity contribution < 1.29 is 9.53 Å². The lowest BCUT2D eigenvalue weighted by Crippen LogP contribution is -2.10. The predicted octanol–water partition coefficient (Wildman–Crippen LogP) is 1.30. The van der Waals surface area contributed by atoms with Gasteiger partial charge in [-0.15, -0.1) is 0 Å². The molecule has 0 bridgehead atoms. The second-order valence-electron chi connectivity index (χ2n) is 2.89. The van der Waals surface area contributed by atoms with Crippen LogP contribution in [0.25, 0.3) is 0 Å². The van der Waals surface area contributed by atoms with Crippen molar-refractivity contribution in [3.63, 3.8) is 0 Å². The first-order valence-corrected chi connectivity index (χ1v) is 4.32. The van der Waals surface area contributed by atoms with E-state index in [2.05, 4.69) is 4.98 Å². The molecule has 4 nitrogen and oxygen atoms in total. The van der Waals surface area contributed by atoms with E-state index in [1.54, 1.807) is 11.6 Å². The topological polar surface area (TPSA) is 44.1 Å². The molecule has 0 aromatic carbocycles. The van der Waals surface area contributed by atoms with Crippen molar-refractivity contribution >= 4 is 5.97 Å². The fraction of sp³-hybridized carbons (Fsp3) is 0.556. The Hall–Kier alpha value is -1.32. The maximum absolute atomic E-state index is 11.4. The van der Waals surface area contributed by atoms with E-state index < -0.39 is 0 Å². The number of hydrogen-bond acceptors (Lipinski definition) is 3. The van der Waals surface area contributed by atoms with Crippen LogP contribution in [0.4, 0.5) is 0 Å². The molecule has 0 atom stereocenters. The highest BCUT2D eigenvalue weighted by Gasteiger charge is 2.12. The van der Waals surface area contributed by atoms with E-state index in [0.29, 0.717) is 12.3 Å². The van der Waals surface area contributed by atoms with Gasteiger partial charge in [-0.25, -0.2) is 9.78 Å². The van der Waals surface area contributed by atoms with E-state index in [9.17, 15) is 4.79 Å². The molecular weight excluding hydrogens is 168 g/mol. The Morgan fingerprint density at radius 1 is 1.69 bits per heavy atom. The molecule has 13 heavy (non-hydrogen) atoms. The zero-order chi connectivity index (χ0) is 9.84. The Kier molecular flexibility index (Phi) is 3.06. The quantitative estimate of drug-likeness (QED) is 0.662. The second kappa shape index (κ2) is 4.07. The highest BCUT2D eigenvalue weighted by atomic mass is 16.5. The number of carbonyl (C=O) groups excluding carboxylic acids is 1. The molecule has 4 heteroatoms. The van der Waals surface area contributed by atoms with Crippen molar-refractivity contribution in [1.82, 2.24) is 9.55 Å². The molecule has 72 valence electrons. The summed E-state index contributed by atoms with van der Waals surface area (Å²) in [5, 5.41) is 0. The number of rotatable bonds is 3. The first-order valence-electron chi connectivity index (χ1n) is 4.32. The Balaban J connectivity index is 2.71. The smallest absolute Gasteiger partial charge is 0.356 e. The summed E-state index contributed by atoms with van der Waals surface area (Å²) in [5.41, 5.74) is 0.506. The fourth-order valence-electron chi connectivity index (χ4n) is 0.960. The van der Waals surface area contributed by atoms with E-state index in [4.69, 9.17) is 4.74 Å². The number of esters is 1. The van der Waals surface area contributed by atoms with Crippen LogP contribution in [0.15, 0.2) is 6.20 Å². The summed E-state index contributed by atoms with van der Waals surface area (Å²) in [6, 6.07) is 0. The minimum atomic E-state index is -0.301. The van der Waals surface area contributed by atoms with E-state index in [-0.39, 0.29) is 5.97 Å². The molecule has 1 aromatic rings. The van der Waals surface area contributed by atoms with Crippen molar-refractivity contribution in [3.8, 4) is 0 Å². The number of imidazole rings is 1. The van der Waals surface area contributed by atoms with Gasteiger partial charge in [0.15, 0.2) is 0 Å². The van der Waals surface area contributed by atoms with Gasteiger partial charge >= 0.3 is 5.97 Å². The van der Waals surface area contributed by atoms with Gasteiger partial charge in [-0.1, -0.05) is 6.92 Å². The normalized spacial score (nSPS) is 10.1. The van der Waals surface area contributed by atoms with E-state index in [1.165, 1.54) is 6.20 Å². The highest BCUT2D eigenvalue weighted by molar-refractivity contribution is 5.87. The Labute approximate surface area is 77.5 Å². The van der Waals surface area contributed by atoms with Gasteiger partial charge in [-0.05, 0) is 13.3 Å². The molecule has 0 amide bonds. The first kappa shape index (κ1) is 9.77. The largest absolute Gasteiger partial charge is 0.461 e. The van der Waals surface area contributed by atoms with Crippen molar-refractivity contribution in [2.24, 2.45) is 7.05 Å². The zero-order valence-electron chi connectivity index (χ0n) is 8.20. The third-order valence-corrected chi connectivity index (χ3v) is 1.87. The standard InChI is InChI=1S/C9H14N2O2/c1-4-5-13-9(12)8-6-10-7(2)11(8)3/h6H,4-5H2,1-3H3. The lowest BCUT2D eigenvalue weighted by molar-refractivity contribution is 0.0493. The molecule has 0 saturated heterocycles. The molecule has 0 aliphatic heterocycles. The van der Waals surface area contributed by atoms with Gasteiger partial charge in [0.25, 0.3) is 0 Å². The minimum Gasteiger partial charge on any atom is -0.461 e. The number of ether oxygens (including phenoxy) is 1. The van der Waals surface area contributed by atoms with Crippen molar-refractivity contribution in [1.29, 1.82) is 0 Å². The van der Waals surface area contributed by atoms with Gasteiger partial charge in [0.2, 0.25) is 0 Å². The summed E-state index contributed by atoms with van der Waals surface area (Å²) < 4.78 is 6.69. The minimum absolute atomic E-state index is 0.301. The molecule has 0 radical (unpaired) electrons. The average Bonchev–Trinajstić information content (AvgIpc) is 2.44. The predicted molar refractivity (Wildman–Crippen MR) is 48.5 cm³/mol. The highest BCUT2D eigenvalue weighted by Crippen LogP contribution is 2.03. The molecule has 0 N–H and O–H groups in total. The van der Waals surface area contributed by atoms with Gasteiger partial charge < -0.3 is 9.30 Å². The van der Waals surface area contributed by atoms with Crippen LogP contribution in [0.2, 0.25) is 0 Å². The SMILES string of the molecule is CCCOC(=O)c1cnc(C)n1C. The molecule has 0 aliphatic rings. The van der Waals surface area contributed by atoms with Crippen LogP contribution in [-0.2, 0) is 11.8 Å². The van der Waals surface area contributed by atoms with Gasteiger partial charge in [0.05, 0.1) is 12.8 Å². The summed E-state index contributed by atoms with van der Waals surface area (Å²) >= 11 is 0. The van der Waals surface area contributed by atoms with Crippen LogP contribution < -0.4 is 0 Å². The van der Waals surface area contributed by atoms with Crippen LogP contribution in [0.5, 0.6) is 0 Å². The lowest BCUT2D eigenvalue weighted by atomic mass is 10.4. The van der Waals surface area contributed by atoms with E-state index in [0.717, 1.165) is 12.2 Å². The molecule has 0 aliphatic carbocycles. The molecule has 0 fully saturated rings. The molecule has 1 aromatic heterocycles. The van der Waals surface area contributed by atoms with Crippen LogP contribution in [-0.4, -0.2) is 22.1 Å². The monoisotopic (exact) mass is 182 g/mol. The summed E-state index contributed by atoms with van der Waals surface area (Å²) in [4.78, 5) is 15.4. The fourth-order valence-corrected chi connectivity index (χ4v) is 0.960. The van der Waals surface area contributed by atoms with Gasteiger partial charge in [-0.3, -0.25) is 0 Å². The van der Waals surface area contributed by atoms with Crippen molar-refractivity contribution in [3.05, 3.63) is 17.7 Å². The second-order valence-corrected chi connectivity index (χ2v) is 2.89. The van der Waals surface area contributed by atoms with E-state index in [1.807, 2.05) is 13.8 Å². The summed E-state index contributed by atoms with van der Waals surface area (Å²) in [6.07, 6.45) is 2.37. The van der Waals surface area contributed by atoms with Crippen molar-refractivity contribution in [2.75, 3.05) is 6.61 Å². The van der Waals surface area contributed by atoms with Gasteiger partial charge in [0.1, 0.15) is 11.5 Å². The average molecular weight is 182 g/mol. The molecule has 0 saturated carbocycles. The molecular formula is C9H14N2O2. The van der Waals surface area contributed by atoms with Gasteiger partial charge in [-0.2, -0.15) is 0 Å². The lowest BCUT2D eigenvalue weighted by Gasteiger charge is -2.03. The summed E-state index contributed by atoms with van der Waals surface area (Å²) in [5.74, 6) is 0.508. The van der Waals surface area contributed by atoms with Crippen LogP contribution >= 0.6 is 0 Å². The number of carbonyl (C=O) groups is 1. The molecule has 0 unspecified atom stereocenters. The van der Waals surface area contributed by atoms with Crippen molar-refractivity contribution in [2.45, 2.75) is 20.3 Å². The van der Waals surface area contributed by atoms with Crippen LogP contribution in [0.1, 0.15) is 29.7 Å². The Morgan fingerprint density at radius 3 is 2.85 bits per heavy atom. The maximum atomic E-state index is 11.4. The third kappa shape index (κ3) is 2.08. The molecule has 1 rings (SSSR count). The number of hydrogen-bond donors (Lipinski definition) is 0. The number of nitrogens with zero attached hydrogens (tertiary/aromatic N) is 2. The maximum Gasteiger partial charge on any atom is 0.356 e. The Bertz CT molecular complexity index is 305. The Morgan fingerprint density at radius 2 is 2.38 bits per heavy atom.